The molecule has 3 aromatic rings. The lowest BCUT2D eigenvalue weighted by molar-refractivity contribution is 0.0950. The lowest BCUT2D eigenvalue weighted by Gasteiger charge is -2.07. The van der Waals surface area contributed by atoms with Crippen LogP contribution in [0.3, 0.4) is 0 Å². The van der Waals surface area contributed by atoms with Gasteiger partial charge in [0.2, 0.25) is 10.0 Å². The molecule has 0 saturated heterocycles. The van der Waals surface area contributed by atoms with Crippen molar-refractivity contribution in [3.05, 3.63) is 66.1 Å². The van der Waals surface area contributed by atoms with E-state index in [4.69, 9.17) is 0 Å². The zero-order valence-corrected chi connectivity index (χ0v) is 14.5. The molecule has 0 unspecified atom stereocenters. The number of hydrogen-bond donors (Lipinski definition) is 2. The minimum Gasteiger partial charge on any atom is -0.346 e. The predicted octanol–water partition coefficient (Wildman–Crippen LogP) is 1.56. The molecule has 0 aliphatic carbocycles. The first-order valence-corrected chi connectivity index (χ1v) is 9.28. The van der Waals surface area contributed by atoms with Crippen LogP contribution in [-0.4, -0.2) is 30.3 Å². The van der Waals surface area contributed by atoms with Crippen molar-refractivity contribution in [2.75, 3.05) is 6.54 Å². The van der Waals surface area contributed by atoms with Crippen LogP contribution in [0.15, 0.2) is 59.8 Å². The topological polar surface area (TPSA) is 92.6 Å². The highest BCUT2D eigenvalue weighted by molar-refractivity contribution is 7.89. The van der Waals surface area contributed by atoms with E-state index in [2.05, 4.69) is 15.0 Å². The molecule has 0 aliphatic rings. The van der Waals surface area contributed by atoms with Crippen LogP contribution in [-0.2, 0) is 16.6 Å². The molecule has 0 radical (unpaired) electrons. The number of nitrogens with one attached hydrogen (secondary N) is 2. The Bertz CT molecular complexity index is 978. The second-order valence-corrected chi connectivity index (χ2v) is 7.18. The van der Waals surface area contributed by atoms with E-state index in [1.165, 1.54) is 12.1 Å². The molecule has 2 N–H and O–H groups in total. The van der Waals surface area contributed by atoms with Gasteiger partial charge < -0.3 is 9.72 Å². The van der Waals surface area contributed by atoms with Gasteiger partial charge in [0.1, 0.15) is 5.65 Å². The van der Waals surface area contributed by atoms with E-state index in [1.807, 2.05) is 35.0 Å². The average molecular weight is 358 g/mol. The van der Waals surface area contributed by atoms with Crippen LogP contribution in [0.5, 0.6) is 0 Å². The largest absolute Gasteiger partial charge is 0.346 e. The normalized spacial score (nSPS) is 11.6. The Morgan fingerprint density at radius 3 is 2.80 bits per heavy atom. The van der Waals surface area contributed by atoms with Gasteiger partial charge in [-0.2, -0.15) is 0 Å². The van der Waals surface area contributed by atoms with E-state index in [1.54, 1.807) is 19.1 Å². The molecule has 25 heavy (non-hydrogen) atoms. The number of fused-ring (bicyclic) bond motifs is 1. The molecule has 2 heterocycles. The van der Waals surface area contributed by atoms with Crippen molar-refractivity contribution >= 4 is 21.6 Å². The quantitative estimate of drug-likeness (QED) is 0.699. The van der Waals surface area contributed by atoms with E-state index in [9.17, 15) is 13.2 Å². The number of aromatic nitrogens is 2. The third-order valence-corrected chi connectivity index (χ3v) is 5.13. The van der Waals surface area contributed by atoms with Crippen molar-refractivity contribution in [2.24, 2.45) is 0 Å². The number of carbonyl (C=O) groups excluding carboxylic acids is 1. The zero-order valence-electron chi connectivity index (χ0n) is 13.6. The number of carbonyl (C=O) groups is 1. The SMILES string of the molecule is CCNS(=O)(=O)c1cccc(C(=O)NCc2cn3ccccc3n2)c1. The Labute approximate surface area is 145 Å². The predicted molar refractivity (Wildman–Crippen MR) is 93.7 cm³/mol. The van der Waals surface area contributed by atoms with Gasteiger partial charge in [0, 0.05) is 24.5 Å². The lowest BCUT2D eigenvalue weighted by Crippen LogP contribution is -2.25. The highest BCUT2D eigenvalue weighted by Gasteiger charge is 2.15. The molecule has 0 bridgehead atoms. The summed E-state index contributed by atoms with van der Waals surface area (Å²) in [5, 5.41) is 2.76. The maximum Gasteiger partial charge on any atom is 0.251 e. The monoisotopic (exact) mass is 358 g/mol. The fourth-order valence-corrected chi connectivity index (χ4v) is 3.51. The third-order valence-electron chi connectivity index (χ3n) is 3.58. The van der Waals surface area contributed by atoms with Gasteiger partial charge in [-0.3, -0.25) is 4.79 Å². The van der Waals surface area contributed by atoms with Crippen molar-refractivity contribution in [1.82, 2.24) is 19.4 Å². The molecule has 0 atom stereocenters. The number of nitrogens with zero attached hydrogens (tertiary/aromatic N) is 2. The van der Waals surface area contributed by atoms with Crippen molar-refractivity contribution < 1.29 is 13.2 Å². The summed E-state index contributed by atoms with van der Waals surface area (Å²) in [6.07, 6.45) is 3.71. The van der Waals surface area contributed by atoms with Crippen molar-refractivity contribution in [3.8, 4) is 0 Å². The number of pyridine rings is 1. The van der Waals surface area contributed by atoms with Crippen LogP contribution in [0.1, 0.15) is 23.0 Å². The molecular formula is C17H18N4O3S. The van der Waals surface area contributed by atoms with Gasteiger partial charge in [0.25, 0.3) is 5.91 Å². The third kappa shape index (κ3) is 3.86. The Kier molecular flexibility index (Phi) is 4.82. The van der Waals surface area contributed by atoms with Gasteiger partial charge in [-0.05, 0) is 30.3 Å². The van der Waals surface area contributed by atoms with E-state index < -0.39 is 10.0 Å². The molecule has 0 spiro atoms. The Balaban J connectivity index is 1.73. The summed E-state index contributed by atoms with van der Waals surface area (Å²) in [6.45, 7) is 2.24. The van der Waals surface area contributed by atoms with Crippen molar-refractivity contribution in [2.45, 2.75) is 18.4 Å². The van der Waals surface area contributed by atoms with Gasteiger partial charge in [-0.15, -0.1) is 0 Å². The highest BCUT2D eigenvalue weighted by Crippen LogP contribution is 2.12. The minimum atomic E-state index is -3.60. The fourth-order valence-electron chi connectivity index (χ4n) is 2.42. The molecule has 1 amide bonds. The summed E-state index contributed by atoms with van der Waals surface area (Å²) in [7, 11) is -3.60. The molecule has 0 fully saturated rings. The van der Waals surface area contributed by atoms with Crippen LogP contribution in [0, 0.1) is 0 Å². The Hall–Kier alpha value is -2.71. The molecule has 7 nitrogen and oxygen atoms in total. The van der Waals surface area contributed by atoms with E-state index in [-0.39, 0.29) is 29.5 Å². The number of hydrogen-bond acceptors (Lipinski definition) is 4. The van der Waals surface area contributed by atoms with Gasteiger partial charge in [0.15, 0.2) is 0 Å². The summed E-state index contributed by atoms with van der Waals surface area (Å²) in [5.41, 5.74) is 1.80. The van der Waals surface area contributed by atoms with Gasteiger partial charge >= 0.3 is 0 Å². The Morgan fingerprint density at radius 1 is 1.20 bits per heavy atom. The van der Waals surface area contributed by atoms with Crippen molar-refractivity contribution in [1.29, 1.82) is 0 Å². The second kappa shape index (κ2) is 7.04. The first-order valence-electron chi connectivity index (χ1n) is 7.80. The first-order chi connectivity index (χ1) is 12.0. The van der Waals surface area contributed by atoms with Crippen molar-refractivity contribution in [3.63, 3.8) is 0 Å². The van der Waals surface area contributed by atoms with Gasteiger partial charge in [0.05, 0.1) is 17.1 Å². The van der Waals surface area contributed by atoms with Gasteiger partial charge in [-0.25, -0.2) is 18.1 Å². The molecule has 1 aromatic carbocycles. The summed E-state index contributed by atoms with van der Waals surface area (Å²) < 4.78 is 28.3. The molecular weight excluding hydrogens is 340 g/mol. The van der Waals surface area contributed by atoms with Crippen LogP contribution >= 0.6 is 0 Å². The highest BCUT2D eigenvalue weighted by atomic mass is 32.2. The van der Waals surface area contributed by atoms with Crippen LogP contribution in [0.25, 0.3) is 5.65 Å². The number of benzene rings is 1. The average Bonchev–Trinajstić information content (AvgIpc) is 3.02. The molecule has 3 rings (SSSR count). The molecule has 2 aromatic heterocycles. The molecule has 130 valence electrons. The smallest absolute Gasteiger partial charge is 0.251 e. The van der Waals surface area contributed by atoms with Gasteiger partial charge in [-0.1, -0.05) is 19.1 Å². The summed E-state index contributed by atoms with van der Waals surface area (Å²) in [4.78, 5) is 16.8. The standard InChI is InChI=1S/C17H18N4O3S/c1-2-19-25(23,24)15-7-5-6-13(10-15)17(22)18-11-14-12-21-9-4-3-8-16(21)20-14/h3-10,12,19H,2,11H2,1H3,(H,18,22). The summed E-state index contributed by atoms with van der Waals surface area (Å²) >= 11 is 0. The first kappa shape index (κ1) is 17.1. The number of amides is 1. The molecule has 0 aliphatic heterocycles. The lowest BCUT2D eigenvalue weighted by atomic mass is 10.2. The van der Waals surface area contributed by atoms with E-state index in [0.717, 1.165) is 11.3 Å². The maximum absolute atomic E-state index is 12.3. The van der Waals surface area contributed by atoms with Crippen LogP contribution < -0.4 is 10.0 Å². The van der Waals surface area contributed by atoms with E-state index >= 15 is 0 Å². The van der Waals surface area contributed by atoms with Crippen LogP contribution in [0.4, 0.5) is 0 Å². The molecule has 8 heteroatoms. The number of rotatable bonds is 6. The zero-order chi connectivity index (χ0) is 17.9. The second-order valence-electron chi connectivity index (χ2n) is 5.41. The van der Waals surface area contributed by atoms with Crippen LogP contribution in [0.2, 0.25) is 0 Å². The number of sulfonamides is 1. The maximum atomic E-state index is 12.3. The Morgan fingerprint density at radius 2 is 2.04 bits per heavy atom. The minimum absolute atomic E-state index is 0.0646. The fraction of sp³-hybridized carbons (Fsp3) is 0.176. The number of imidazole rings is 1. The molecule has 0 saturated carbocycles. The van der Waals surface area contributed by atoms with E-state index in [0.29, 0.717) is 0 Å². The summed E-state index contributed by atoms with van der Waals surface area (Å²) in [5.74, 6) is -0.356. The summed E-state index contributed by atoms with van der Waals surface area (Å²) in [6, 6.07) is 11.6.